The van der Waals surface area contributed by atoms with Crippen molar-refractivity contribution in [3.63, 3.8) is 0 Å². The van der Waals surface area contributed by atoms with E-state index in [0.717, 1.165) is 32.7 Å². The van der Waals surface area contributed by atoms with Gasteiger partial charge in [0.05, 0.1) is 6.10 Å². The highest BCUT2D eigenvalue weighted by Crippen LogP contribution is 2.10. The maximum Gasteiger partial charge on any atom is 0.155 e. The summed E-state index contributed by atoms with van der Waals surface area (Å²) in [6.45, 7) is 8.50. The lowest BCUT2D eigenvalue weighted by atomic mass is 10.2. The molecule has 15 heavy (non-hydrogen) atoms. The Hall–Kier alpha value is -0.450. The van der Waals surface area contributed by atoms with E-state index in [2.05, 4.69) is 11.8 Å². The van der Waals surface area contributed by atoms with Crippen LogP contribution in [0.5, 0.6) is 0 Å². The van der Waals surface area contributed by atoms with E-state index < -0.39 is 0 Å². The van der Waals surface area contributed by atoms with E-state index in [1.165, 1.54) is 6.92 Å². The van der Waals surface area contributed by atoms with Crippen molar-refractivity contribution in [1.29, 1.82) is 0 Å². The molecule has 1 heterocycles. The van der Waals surface area contributed by atoms with Gasteiger partial charge in [-0.1, -0.05) is 6.92 Å². The standard InChI is InChI=1S/C11H21NO3/c1-3-12-7-11(8-12)15-6-4-5-14-9-10(2)13/h11H,3-9H2,1-2H3. The van der Waals surface area contributed by atoms with E-state index in [0.29, 0.717) is 12.7 Å². The van der Waals surface area contributed by atoms with E-state index in [4.69, 9.17) is 9.47 Å². The zero-order valence-electron chi connectivity index (χ0n) is 9.70. The molecule has 0 N–H and O–H groups in total. The molecular formula is C11H21NO3. The first-order chi connectivity index (χ1) is 7.22. The molecular weight excluding hydrogens is 194 g/mol. The normalized spacial score (nSPS) is 17.7. The van der Waals surface area contributed by atoms with E-state index in [9.17, 15) is 4.79 Å². The maximum absolute atomic E-state index is 10.5. The lowest BCUT2D eigenvalue weighted by Gasteiger charge is -2.38. The predicted octanol–water partition coefficient (Wildman–Crippen LogP) is 0.703. The molecule has 0 spiro atoms. The number of hydrogen-bond donors (Lipinski definition) is 0. The summed E-state index contributed by atoms with van der Waals surface area (Å²) >= 11 is 0. The molecule has 1 rings (SSSR count). The third-order valence-electron chi connectivity index (χ3n) is 2.46. The molecule has 0 amide bonds. The first kappa shape index (κ1) is 12.6. The molecule has 4 nitrogen and oxygen atoms in total. The minimum absolute atomic E-state index is 0.0773. The fraction of sp³-hybridized carbons (Fsp3) is 0.909. The van der Waals surface area contributed by atoms with Crippen LogP contribution in [0.2, 0.25) is 0 Å². The minimum Gasteiger partial charge on any atom is -0.375 e. The Morgan fingerprint density at radius 3 is 2.73 bits per heavy atom. The molecule has 88 valence electrons. The number of hydrogen-bond acceptors (Lipinski definition) is 4. The van der Waals surface area contributed by atoms with E-state index in [-0.39, 0.29) is 12.4 Å². The second kappa shape index (κ2) is 6.93. The summed E-state index contributed by atoms with van der Waals surface area (Å²) in [6.07, 6.45) is 1.29. The van der Waals surface area contributed by atoms with Crippen molar-refractivity contribution in [2.45, 2.75) is 26.4 Å². The highest BCUT2D eigenvalue weighted by molar-refractivity contribution is 5.76. The Morgan fingerprint density at radius 2 is 2.13 bits per heavy atom. The molecule has 0 aliphatic carbocycles. The van der Waals surface area contributed by atoms with Gasteiger partial charge in [-0.2, -0.15) is 0 Å². The molecule has 0 aromatic carbocycles. The zero-order valence-corrected chi connectivity index (χ0v) is 9.70. The molecule has 0 radical (unpaired) electrons. The summed E-state index contributed by atoms with van der Waals surface area (Å²) < 4.78 is 10.7. The van der Waals surface area contributed by atoms with Gasteiger partial charge in [-0.15, -0.1) is 0 Å². The van der Waals surface area contributed by atoms with Crippen LogP contribution >= 0.6 is 0 Å². The summed E-state index contributed by atoms with van der Waals surface area (Å²) in [6, 6.07) is 0. The Kier molecular flexibility index (Phi) is 5.83. The van der Waals surface area contributed by atoms with Crippen molar-refractivity contribution < 1.29 is 14.3 Å². The monoisotopic (exact) mass is 215 g/mol. The SMILES string of the molecule is CCN1CC(OCCCOCC(C)=O)C1. The molecule has 1 aliphatic heterocycles. The number of likely N-dealkylation sites (N-methyl/N-ethyl adjacent to an activating group) is 1. The van der Waals surface area contributed by atoms with Gasteiger partial charge in [0.2, 0.25) is 0 Å². The van der Waals surface area contributed by atoms with Gasteiger partial charge in [0.1, 0.15) is 6.61 Å². The summed E-state index contributed by atoms with van der Waals surface area (Å²) in [4.78, 5) is 12.9. The number of likely N-dealkylation sites (tertiary alicyclic amines) is 1. The fourth-order valence-electron chi connectivity index (χ4n) is 1.51. The number of nitrogens with zero attached hydrogens (tertiary/aromatic N) is 1. The minimum atomic E-state index is 0.0773. The average Bonchev–Trinajstić information content (AvgIpc) is 2.13. The summed E-state index contributed by atoms with van der Waals surface area (Å²) in [5.41, 5.74) is 0. The van der Waals surface area contributed by atoms with Gasteiger partial charge in [0.15, 0.2) is 5.78 Å². The van der Waals surface area contributed by atoms with Crippen LogP contribution in [0.25, 0.3) is 0 Å². The van der Waals surface area contributed by atoms with Gasteiger partial charge in [0.25, 0.3) is 0 Å². The lowest BCUT2D eigenvalue weighted by Crippen LogP contribution is -2.51. The highest BCUT2D eigenvalue weighted by atomic mass is 16.5. The van der Waals surface area contributed by atoms with Gasteiger partial charge < -0.3 is 9.47 Å². The Balaban J connectivity index is 1.80. The van der Waals surface area contributed by atoms with Crippen LogP contribution in [0.4, 0.5) is 0 Å². The molecule has 0 saturated carbocycles. The average molecular weight is 215 g/mol. The van der Waals surface area contributed by atoms with Gasteiger partial charge in [-0.3, -0.25) is 9.69 Å². The Labute approximate surface area is 91.5 Å². The summed E-state index contributed by atoms with van der Waals surface area (Å²) in [5, 5.41) is 0. The molecule has 0 atom stereocenters. The van der Waals surface area contributed by atoms with Crippen LogP contribution in [0.3, 0.4) is 0 Å². The van der Waals surface area contributed by atoms with E-state index in [1.54, 1.807) is 0 Å². The molecule has 1 fully saturated rings. The van der Waals surface area contributed by atoms with Gasteiger partial charge >= 0.3 is 0 Å². The van der Waals surface area contributed by atoms with E-state index in [1.807, 2.05) is 0 Å². The van der Waals surface area contributed by atoms with Crippen LogP contribution < -0.4 is 0 Å². The molecule has 4 heteroatoms. The quantitative estimate of drug-likeness (QED) is 0.559. The third kappa shape index (κ3) is 5.25. The number of ketones is 1. The van der Waals surface area contributed by atoms with Gasteiger partial charge in [-0.25, -0.2) is 0 Å². The molecule has 0 bridgehead atoms. The Bertz CT molecular complexity index is 190. The summed E-state index contributed by atoms with van der Waals surface area (Å²) in [5.74, 6) is 0.0773. The first-order valence-corrected chi connectivity index (χ1v) is 5.63. The van der Waals surface area contributed by atoms with Crippen molar-refractivity contribution in [2.75, 3.05) is 39.5 Å². The van der Waals surface area contributed by atoms with Crippen LogP contribution in [0, 0.1) is 0 Å². The molecule has 0 unspecified atom stereocenters. The van der Waals surface area contributed by atoms with Crippen LogP contribution in [0.15, 0.2) is 0 Å². The van der Waals surface area contributed by atoms with Crippen LogP contribution in [0.1, 0.15) is 20.3 Å². The first-order valence-electron chi connectivity index (χ1n) is 5.63. The van der Waals surface area contributed by atoms with Crippen molar-refractivity contribution in [2.24, 2.45) is 0 Å². The molecule has 0 aromatic rings. The molecule has 1 saturated heterocycles. The zero-order chi connectivity index (χ0) is 11.1. The van der Waals surface area contributed by atoms with Crippen LogP contribution in [-0.2, 0) is 14.3 Å². The smallest absolute Gasteiger partial charge is 0.155 e. The number of ether oxygens (including phenoxy) is 2. The maximum atomic E-state index is 10.5. The largest absolute Gasteiger partial charge is 0.375 e. The molecule has 0 aromatic heterocycles. The van der Waals surface area contributed by atoms with Crippen molar-refractivity contribution in [3.05, 3.63) is 0 Å². The Morgan fingerprint density at radius 1 is 1.40 bits per heavy atom. The van der Waals surface area contributed by atoms with Crippen LogP contribution in [-0.4, -0.2) is 56.2 Å². The van der Waals surface area contributed by atoms with Crippen molar-refractivity contribution in [3.8, 4) is 0 Å². The summed E-state index contributed by atoms with van der Waals surface area (Å²) in [7, 11) is 0. The number of rotatable bonds is 8. The second-order valence-corrected chi connectivity index (χ2v) is 3.95. The predicted molar refractivity (Wildman–Crippen MR) is 58.0 cm³/mol. The highest BCUT2D eigenvalue weighted by Gasteiger charge is 2.25. The number of carbonyl (C=O) groups is 1. The third-order valence-corrected chi connectivity index (χ3v) is 2.46. The fourth-order valence-corrected chi connectivity index (χ4v) is 1.51. The van der Waals surface area contributed by atoms with Crippen molar-refractivity contribution in [1.82, 2.24) is 4.90 Å². The van der Waals surface area contributed by atoms with E-state index >= 15 is 0 Å². The van der Waals surface area contributed by atoms with Gasteiger partial charge in [-0.05, 0) is 19.9 Å². The topological polar surface area (TPSA) is 38.8 Å². The number of carbonyl (C=O) groups excluding carboxylic acids is 1. The number of Topliss-reactive ketones (excluding diaryl/α,β-unsaturated/α-hetero) is 1. The molecule has 1 aliphatic rings. The lowest BCUT2D eigenvalue weighted by molar-refractivity contribution is -0.121. The van der Waals surface area contributed by atoms with Gasteiger partial charge in [0, 0.05) is 26.3 Å². The van der Waals surface area contributed by atoms with Crippen molar-refractivity contribution >= 4 is 5.78 Å². The second-order valence-electron chi connectivity index (χ2n) is 3.95.